The first-order valence-corrected chi connectivity index (χ1v) is 3.98. The highest BCUT2D eigenvalue weighted by Crippen LogP contribution is 2.20. The molecular formula is C8H7ClN2O3. The van der Waals surface area contributed by atoms with Crippen LogP contribution >= 0.6 is 11.6 Å². The number of primary amides is 1. The summed E-state index contributed by atoms with van der Waals surface area (Å²) in [4.78, 5) is 21.2. The number of hydrogen-bond donors (Lipinski definition) is 3. The van der Waals surface area contributed by atoms with Crippen LogP contribution in [0.1, 0.15) is 10.4 Å². The first-order valence-electron chi connectivity index (χ1n) is 3.60. The summed E-state index contributed by atoms with van der Waals surface area (Å²) >= 11 is 5.62. The van der Waals surface area contributed by atoms with E-state index < -0.39 is 12.0 Å². The van der Waals surface area contributed by atoms with E-state index in [1.54, 1.807) is 0 Å². The largest absolute Gasteiger partial charge is 0.478 e. The molecule has 0 aromatic heterocycles. The zero-order chi connectivity index (χ0) is 10.7. The van der Waals surface area contributed by atoms with Gasteiger partial charge in [-0.25, -0.2) is 9.59 Å². The van der Waals surface area contributed by atoms with E-state index in [1.807, 2.05) is 0 Å². The van der Waals surface area contributed by atoms with Gasteiger partial charge in [0.15, 0.2) is 0 Å². The van der Waals surface area contributed by atoms with Gasteiger partial charge in [-0.15, -0.1) is 0 Å². The molecule has 74 valence electrons. The lowest BCUT2D eigenvalue weighted by molar-refractivity contribution is 0.0698. The number of nitrogens with one attached hydrogen (secondary N) is 1. The van der Waals surface area contributed by atoms with E-state index in [9.17, 15) is 9.59 Å². The molecule has 5 nitrogen and oxygen atoms in total. The van der Waals surface area contributed by atoms with Gasteiger partial charge in [0, 0.05) is 5.02 Å². The monoisotopic (exact) mass is 214 g/mol. The van der Waals surface area contributed by atoms with Gasteiger partial charge in [-0.05, 0) is 18.2 Å². The Hall–Kier alpha value is -1.75. The number of carboxylic acids is 1. The maximum absolute atomic E-state index is 10.7. The van der Waals surface area contributed by atoms with Crippen molar-refractivity contribution in [2.75, 3.05) is 5.32 Å². The number of carbonyl (C=O) groups excluding carboxylic acids is 1. The quantitative estimate of drug-likeness (QED) is 0.697. The Bertz CT molecular complexity index is 392. The summed E-state index contributed by atoms with van der Waals surface area (Å²) < 4.78 is 0. The van der Waals surface area contributed by atoms with Gasteiger partial charge < -0.3 is 16.2 Å². The van der Waals surface area contributed by atoms with Crippen molar-refractivity contribution in [3.8, 4) is 0 Å². The fraction of sp³-hybridized carbons (Fsp3) is 0. The number of benzene rings is 1. The van der Waals surface area contributed by atoms with Crippen molar-refractivity contribution in [1.29, 1.82) is 0 Å². The topological polar surface area (TPSA) is 92.4 Å². The highest BCUT2D eigenvalue weighted by molar-refractivity contribution is 6.31. The average Bonchev–Trinajstić information content (AvgIpc) is 2.01. The van der Waals surface area contributed by atoms with Crippen LogP contribution in [0.25, 0.3) is 0 Å². The van der Waals surface area contributed by atoms with Crippen molar-refractivity contribution in [1.82, 2.24) is 0 Å². The molecule has 1 aromatic carbocycles. The Morgan fingerprint density at radius 2 is 2.07 bits per heavy atom. The first-order chi connectivity index (χ1) is 6.50. The van der Waals surface area contributed by atoms with Crippen molar-refractivity contribution in [2.45, 2.75) is 0 Å². The number of hydrogen-bond acceptors (Lipinski definition) is 2. The molecule has 0 aliphatic rings. The number of halogens is 1. The molecule has 2 amide bonds. The summed E-state index contributed by atoms with van der Waals surface area (Å²) in [5.41, 5.74) is 4.88. The molecule has 0 unspecified atom stereocenters. The Labute approximate surface area is 84.5 Å². The zero-order valence-corrected chi connectivity index (χ0v) is 7.71. The van der Waals surface area contributed by atoms with Crippen LogP contribution in [0.5, 0.6) is 0 Å². The van der Waals surface area contributed by atoms with Crippen molar-refractivity contribution >= 4 is 29.3 Å². The van der Waals surface area contributed by atoms with E-state index in [0.717, 1.165) is 0 Å². The Balaban J connectivity index is 3.15. The molecule has 0 spiro atoms. The third-order valence-corrected chi connectivity index (χ3v) is 1.70. The van der Waals surface area contributed by atoms with Gasteiger partial charge in [-0.3, -0.25) is 0 Å². The Morgan fingerprint density at radius 3 is 2.57 bits per heavy atom. The minimum Gasteiger partial charge on any atom is -0.478 e. The van der Waals surface area contributed by atoms with Crippen molar-refractivity contribution in [3.63, 3.8) is 0 Å². The number of amides is 2. The average molecular weight is 215 g/mol. The van der Waals surface area contributed by atoms with Gasteiger partial charge in [0.05, 0.1) is 11.3 Å². The van der Waals surface area contributed by atoms with E-state index in [4.69, 9.17) is 22.4 Å². The minimum absolute atomic E-state index is 0.0619. The highest BCUT2D eigenvalue weighted by atomic mass is 35.5. The Kier molecular flexibility index (Phi) is 2.93. The molecule has 0 saturated heterocycles. The molecule has 0 radical (unpaired) electrons. The summed E-state index contributed by atoms with van der Waals surface area (Å²) in [6.07, 6.45) is 0. The van der Waals surface area contributed by atoms with Crippen LogP contribution in [0, 0.1) is 0 Å². The van der Waals surface area contributed by atoms with Gasteiger partial charge in [0.1, 0.15) is 0 Å². The van der Waals surface area contributed by atoms with Gasteiger partial charge in [-0.2, -0.15) is 0 Å². The molecule has 6 heteroatoms. The molecule has 14 heavy (non-hydrogen) atoms. The summed E-state index contributed by atoms with van der Waals surface area (Å²) in [6, 6.07) is 3.18. The molecule has 0 heterocycles. The first kappa shape index (κ1) is 10.3. The number of urea groups is 1. The SMILES string of the molecule is NC(=O)Nc1cc(Cl)ccc1C(=O)O. The second-order valence-corrected chi connectivity index (χ2v) is 2.92. The van der Waals surface area contributed by atoms with E-state index in [1.165, 1.54) is 18.2 Å². The Morgan fingerprint density at radius 1 is 1.43 bits per heavy atom. The van der Waals surface area contributed by atoms with Crippen molar-refractivity contribution in [3.05, 3.63) is 28.8 Å². The zero-order valence-electron chi connectivity index (χ0n) is 6.95. The third kappa shape index (κ3) is 2.37. The normalized spacial score (nSPS) is 9.50. The second-order valence-electron chi connectivity index (χ2n) is 2.48. The van der Waals surface area contributed by atoms with Crippen molar-refractivity contribution in [2.24, 2.45) is 5.73 Å². The molecule has 0 bridgehead atoms. The second kappa shape index (κ2) is 3.97. The summed E-state index contributed by atoms with van der Waals surface area (Å²) in [5.74, 6) is -1.16. The molecular weight excluding hydrogens is 208 g/mol. The van der Waals surface area contributed by atoms with Crippen LogP contribution in [0.15, 0.2) is 18.2 Å². The van der Waals surface area contributed by atoms with Gasteiger partial charge in [-0.1, -0.05) is 11.6 Å². The molecule has 1 rings (SSSR count). The molecule has 0 aliphatic carbocycles. The van der Waals surface area contributed by atoms with Gasteiger partial charge in [0.2, 0.25) is 0 Å². The van der Waals surface area contributed by atoms with Crippen LogP contribution in [0.3, 0.4) is 0 Å². The van der Waals surface area contributed by atoms with Crippen LogP contribution in [0.2, 0.25) is 5.02 Å². The van der Waals surface area contributed by atoms with Crippen molar-refractivity contribution < 1.29 is 14.7 Å². The smallest absolute Gasteiger partial charge is 0.337 e. The molecule has 0 fully saturated rings. The predicted octanol–water partition coefficient (Wildman–Crippen LogP) is 1.53. The number of nitrogens with two attached hydrogens (primary N) is 1. The van der Waals surface area contributed by atoms with Crippen LogP contribution in [0.4, 0.5) is 10.5 Å². The fourth-order valence-electron chi connectivity index (χ4n) is 0.939. The molecule has 0 saturated carbocycles. The number of carbonyl (C=O) groups is 2. The summed E-state index contributed by atoms with van der Waals surface area (Å²) in [5, 5.41) is 11.2. The molecule has 0 atom stereocenters. The lowest BCUT2D eigenvalue weighted by Crippen LogP contribution is -2.21. The predicted molar refractivity (Wildman–Crippen MR) is 51.6 cm³/mol. The van der Waals surface area contributed by atoms with Gasteiger partial charge in [0.25, 0.3) is 0 Å². The van der Waals surface area contributed by atoms with E-state index in [-0.39, 0.29) is 11.3 Å². The molecule has 1 aromatic rings. The third-order valence-electron chi connectivity index (χ3n) is 1.47. The number of anilines is 1. The maximum atomic E-state index is 10.7. The fourth-order valence-corrected chi connectivity index (χ4v) is 1.11. The van der Waals surface area contributed by atoms with Crippen LogP contribution in [-0.2, 0) is 0 Å². The lowest BCUT2D eigenvalue weighted by atomic mass is 10.2. The van der Waals surface area contributed by atoms with E-state index in [0.29, 0.717) is 5.02 Å². The summed E-state index contributed by atoms with van der Waals surface area (Å²) in [6.45, 7) is 0. The maximum Gasteiger partial charge on any atom is 0.337 e. The standard InChI is InChI=1S/C8H7ClN2O3/c9-4-1-2-5(7(12)13)6(3-4)11-8(10)14/h1-3H,(H,12,13)(H3,10,11,14). The minimum atomic E-state index is -1.16. The number of aromatic carboxylic acids is 1. The number of rotatable bonds is 2. The van der Waals surface area contributed by atoms with E-state index in [2.05, 4.69) is 5.32 Å². The lowest BCUT2D eigenvalue weighted by Gasteiger charge is -2.05. The molecule has 4 N–H and O–H groups in total. The van der Waals surface area contributed by atoms with Crippen LogP contribution < -0.4 is 11.1 Å². The van der Waals surface area contributed by atoms with Crippen LogP contribution in [-0.4, -0.2) is 17.1 Å². The number of carboxylic acid groups (broad SMARTS) is 1. The van der Waals surface area contributed by atoms with Gasteiger partial charge >= 0.3 is 12.0 Å². The highest BCUT2D eigenvalue weighted by Gasteiger charge is 2.11. The summed E-state index contributed by atoms with van der Waals surface area (Å²) in [7, 11) is 0. The van der Waals surface area contributed by atoms with E-state index >= 15 is 0 Å². The molecule has 0 aliphatic heterocycles.